The van der Waals surface area contributed by atoms with Crippen LogP contribution in [0.5, 0.6) is 0 Å². The number of morpholine rings is 1. The molecule has 1 fully saturated rings. The number of carbonyl (C=O) groups excluding carboxylic acids is 3. The Morgan fingerprint density at radius 2 is 1.95 bits per heavy atom. The first-order valence-corrected chi connectivity index (χ1v) is 6.95. The number of methoxy groups -OCH3 is 1. The third-order valence-corrected chi connectivity index (χ3v) is 3.28. The maximum Gasteiger partial charge on any atom is 0.331 e. The summed E-state index contributed by atoms with van der Waals surface area (Å²) in [7, 11) is 1.27. The van der Waals surface area contributed by atoms with Crippen molar-refractivity contribution in [3.63, 3.8) is 0 Å². The number of rotatable bonds is 3. The van der Waals surface area contributed by atoms with E-state index in [1.54, 1.807) is 27.7 Å². The van der Waals surface area contributed by atoms with E-state index in [9.17, 15) is 14.4 Å². The second kappa shape index (κ2) is 6.89. The fraction of sp³-hybridized carbons (Fsp3) is 0.786. The second-order valence-corrected chi connectivity index (χ2v) is 6.09. The Morgan fingerprint density at radius 1 is 1.33 bits per heavy atom. The molecule has 21 heavy (non-hydrogen) atoms. The van der Waals surface area contributed by atoms with Crippen molar-refractivity contribution in [2.45, 2.75) is 39.8 Å². The number of nitrogens with one attached hydrogen (secondary N) is 1. The Kier molecular flexibility index (Phi) is 5.71. The highest BCUT2D eigenvalue weighted by Gasteiger charge is 2.36. The Morgan fingerprint density at radius 3 is 2.48 bits per heavy atom. The van der Waals surface area contributed by atoms with Gasteiger partial charge in [0, 0.05) is 12.0 Å². The lowest BCUT2D eigenvalue weighted by atomic mass is 9.95. The molecule has 0 radical (unpaired) electrons. The summed E-state index contributed by atoms with van der Waals surface area (Å²) in [6, 6.07) is -1.47. The summed E-state index contributed by atoms with van der Waals surface area (Å²) in [6.07, 6.45) is 0. The van der Waals surface area contributed by atoms with Crippen molar-refractivity contribution in [1.82, 2.24) is 10.2 Å². The van der Waals surface area contributed by atoms with Crippen molar-refractivity contribution in [3.8, 4) is 0 Å². The average Bonchev–Trinajstić information content (AvgIpc) is 2.44. The van der Waals surface area contributed by atoms with Gasteiger partial charge in [0.15, 0.2) is 6.04 Å². The SMILES string of the molecule is COC(=O)C1COCCN1C(=O)C(C)NC(=O)C(C)(C)C. The lowest BCUT2D eigenvalue weighted by Crippen LogP contribution is -2.58. The normalized spacial score (nSPS) is 20.6. The highest BCUT2D eigenvalue weighted by atomic mass is 16.5. The number of amides is 2. The van der Waals surface area contributed by atoms with Crippen LogP contribution >= 0.6 is 0 Å². The van der Waals surface area contributed by atoms with Crippen LogP contribution in [0.25, 0.3) is 0 Å². The minimum absolute atomic E-state index is 0.109. The molecule has 0 aliphatic carbocycles. The van der Waals surface area contributed by atoms with E-state index in [1.165, 1.54) is 12.0 Å². The first-order valence-electron chi connectivity index (χ1n) is 6.95. The molecule has 7 nitrogen and oxygen atoms in total. The van der Waals surface area contributed by atoms with Gasteiger partial charge in [-0.15, -0.1) is 0 Å². The summed E-state index contributed by atoms with van der Waals surface area (Å²) < 4.78 is 9.90. The molecular formula is C14H24N2O5. The van der Waals surface area contributed by atoms with Crippen molar-refractivity contribution >= 4 is 17.8 Å². The Labute approximate surface area is 124 Å². The lowest BCUT2D eigenvalue weighted by Gasteiger charge is -2.35. The average molecular weight is 300 g/mol. The summed E-state index contributed by atoms with van der Waals surface area (Å²) in [5, 5.41) is 2.67. The van der Waals surface area contributed by atoms with E-state index < -0.39 is 23.5 Å². The van der Waals surface area contributed by atoms with Crippen LogP contribution < -0.4 is 5.32 Å². The highest BCUT2D eigenvalue weighted by molar-refractivity contribution is 5.91. The molecule has 0 aromatic heterocycles. The second-order valence-electron chi connectivity index (χ2n) is 6.09. The molecule has 0 aromatic rings. The smallest absolute Gasteiger partial charge is 0.331 e. The van der Waals surface area contributed by atoms with Crippen LogP contribution in [-0.4, -0.2) is 61.6 Å². The van der Waals surface area contributed by atoms with Crippen molar-refractivity contribution in [1.29, 1.82) is 0 Å². The first-order chi connectivity index (χ1) is 9.68. The van der Waals surface area contributed by atoms with Crippen LogP contribution in [0.1, 0.15) is 27.7 Å². The number of nitrogens with zero attached hydrogens (tertiary/aromatic N) is 1. The molecule has 0 saturated carbocycles. The van der Waals surface area contributed by atoms with Crippen molar-refractivity contribution in [2.24, 2.45) is 5.41 Å². The lowest BCUT2D eigenvalue weighted by molar-refractivity contribution is -0.161. The molecule has 1 aliphatic heterocycles. The van der Waals surface area contributed by atoms with Gasteiger partial charge in [-0.2, -0.15) is 0 Å². The minimum atomic E-state index is -0.759. The molecule has 2 amide bonds. The van der Waals surface area contributed by atoms with Crippen LogP contribution in [0, 0.1) is 5.41 Å². The van der Waals surface area contributed by atoms with Crippen LogP contribution in [0.4, 0.5) is 0 Å². The van der Waals surface area contributed by atoms with E-state index in [0.29, 0.717) is 13.2 Å². The fourth-order valence-electron chi connectivity index (χ4n) is 1.92. The molecule has 7 heteroatoms. The highest BCUT2D eigenvalue weighted by Crippen LogP contribution is 2.14. The molecule has 2 unspecified atom stereocenters. The molecule has 1 saturated heterocycles. The van der Waals surface area contributed by atoms with Gasteiger partial charge in [-0.1, -0.05) is 20.8 Å². The van der Waals surface area contributed by atoms with Crippen LogP contribution in [0.15, 0.2) is 0 Å². The number of carbonyl (C=O) groups is 3. The van der Waals surface area contributed by atoms with Crippen LogP contribution in [0.2, 0.25) is 0 Å². The van der Waals surface area contributed by atoms with Crippen molar-refractivity contribution in [2.75, 3.05) is 26.9 Å². The Hall–Kier alpha value is -1.63. The molecule has 1 rings (SSSR count). The minimum Gasteiger partial charge on any atom is -0.467 e. The van der Waals surface area contributed by atoms with Gasteiger partial charge in [0.2, 0.25) is 11.8 Å². The monoisotopic (exact) mass is 300 g/mol. The van der Waals surface area contributed by atoms with Gasteiger partial charge in [0.1, 0.15) is 6.04 Å². The first kappa shape index (κ1) is 17.4. The summed E-state index contributed by atoms with van der Waals surface area (Å²) in [5.41, 5.74) is -0.582. The van der Waals surface area contributed by atoms with E-state index in [1.807, 2.05) is 0 Å². The zero-order valence-electron chi connectivity index (χ0n) is 13.3. The maximum atomic E-state index is 12.4. The van der Waals surface area contributed by atoms with E-state index in [-0.39, 0.29) is 18.4 Å². The van der Waals surface area contributed by atoms with Gasteiger partial charge in [0.25, 0.3) is 0 Å². The molecule has 0 spiro atoms. The topological polar surface area (TPSA) is 84.9 Å². The summed E-state index contributed by atoms with van der Waals surface area (Å²) >= 11 is 0. The van der Waals surface area contributed by atoms with E-state index in [4.69, 9.17) is 4.74 Å². The van der Waals surface area contributed by atoms with E-state index in [0.717, 1.165) is 0 Å². The van der Waals surface area contributed by atoms with Crippen molar-refractivity contribution in [3.05, 3.63) is 0 Å². The molecular weight excluding hydrogens is 276 g/mol. The van der Waals surface area contributed by atoms with E-state index >= 15 is 0 Å². The number of ether oxygens (including phenoxy) is 2. The predicted octanol–water partition coefficient (Wildman–Crippen LogP) is -0.0624. The zero-order chi connectivity index (χ0) is 16.2. The largest absolute Gasteiger partial charge is 0.467 e. The number of hydrogen-bond donors (Lipinski definition) is 1. The summed E-state index contributed by atoms with van der Waals surface area (Å²) in [5.74, 6) is -1.05. The van der Waals surface area contributed by atoms with Crippen LogP contribution in [0.3, 0.4) is 0 Å². The molecule has 120 valence electrons. The van der Waals surface area contributed by atoms with Crippen LogP contribution in [-0.2, 0) is 23.9 Å². The zero-order valence-corrected chi connectivity index (χ0v) is 13.3. The molecule has 1 heterocycles. The molecule has 0 aromatic carbocycles. The van der Waals surface area contributed by atoms with Gasteiger partial charge < -0.3 is 19.7 Å². The maximum absolute atomic E-state index is 12.4. The van der Waals surface area contributed by atoms with Gasteiger partial charge in [-0.25, -0.2) is 4.79 Å². The number of esters is 1. The number of hydrogen-bond acceptors (Lipinski definition) is 5. The quantitative estimate of drug-likeness (QED) is 0.738. The fourth-order valence-corrected chi connectivity index (χ4v) is 1.92. The molecule has 1 N–H and O–H groups in total. The summed E-state index contributed by atoms with van der Waals surface area (Å²) in [4.78, 5) is 37.5. The van der Waals surface area contributed by atoms with Gasteiger partial charge in [0.05, 0.1) is 20.3 Å². The molecule has 2 atom stereocenters. The van der Waals surface area contributed by atoms with Gasteiger partial charge >= 0.3 is 5.97 Å². The van der Waals surface area contributed by atoms with Crippen molar-refractivity contribution < 1.29 is 23.9 Å². The third-order valence-electron chi connectivity index (χ3n) is 3.28. The Balaban J connectivity index is 2.75. The van der Waals surface area contributed by atoms with Gasteiger partial charge in [-0.05, 0) is 6.92 Å². The molecule has 0 bridgehead atoms. The molecule has 1 aliphatic rings. The van der Waals surface area contributed by atoms with E-state index in [2.05, 4.69) is 10.1 Å². The summed E-state index contributed by atoms with van der Waals surface area (Å²) in [6.45, 7) is 7.68. The standard InChI is InChI=1S/C14H24N2O5/c1-9(15-13(19)14(2,3)4)11(17)16-6-7-21-8-10(16)12(18)20-5/h9-10H,6-8H2,1-5H3,(H,15,19). The van der Waals surface area contributed by atoms with Gasteiger partial charge in [-0.3, -0.25) is 9.59 Å². The Bertz CT molecular complexity index is 416. The predicted molar refractivity (Wildman–Crippen MR) is 75.4 cm³/mol. The third kappa shape index (κ3) is 4.42.